The molecule has 0 aromatic rings. The predicted octanol–water partition coefficient (Wildman–Crippen LogP) is 1.89. The Kier molecular flexibility index (Phi) is 3.41. The first kappa shape index (κ1) is 12.9. The van der Waals surface area contributed by atoms with Crippen molar-refractivity contribution in [2.24, 2.45) is 17.3 Å². The molecule has 2 atom stereocenters. The van der Waals surface area contributed by atoms with Crippen molar-refractivity contribution in [3.8, 4) is 0 Å². The van der Waals surface area contributed by atoms with Crippen molar-refractivity contribution in [3.05, 3.63) is 0 Å². The molecule has 0 aromatic heterocycles. The summed E-state index contributed by atoms with van der Waals surface area (Å²) in [5, 5.41) is 9.67. The normalized spacial score (nSPS) is 38.3. The van der Waals surface area contributed by atoms with Crippen LogP contribution in [0.15, 0.2) is 0 Å². The van der Waals surface area contributed by atoms with Gasteiger partial charge in [-0.2, -0.15) is 0 Å². The third-order valence-corrected chi connectivity index (χ3v) is 5.04. The van der Waals surface area contributed by atoms with Gasteiger partial charge in [-0.3, -0.25) is 0 Å². The molecule has 0 spiro atoms. The van der Waals surface area contributed by atoms with Gasteiger partial charge in [0.1, 0.15) is 0 Å². The maximum Gasteiger partial charge on any atom is 0.0546 e. The molecule has 3 rings (SSSR count). The largest absolute Gasteiger partial charge is 0.393 e. The minimum absolute atomic E-state index is 0.0127. The summed E-state index contributed by atoms with van der Waals surface area (Å²) in [4.78, 5) is 2.64. The maximum absolute atomic E-state index is 9.67. The summed E-state index contributed by atoms with van der Waals surface area (Å²) < 4.78 is 5.82. The first-order valence-corrected chi connectivity index (χ1v) is 7.58. The van der Waals surface area contributed by atoms with E-state index in [9.17, 15) is 5.11 Å². The molecule has 0 amide bonds. The lowest BCUT2D eigenvalue weighted by molar-refractivity contribution is 0.0321. The molecule has 3 fully saturated rings. The van der Waals surface area contributed by atoms with E-state index >= 15 is 0 Å². The van der Waals surface area contributed by atoms with Crippen LogP contribution >= 0.6 is 0 Å². The second kappa shape index (κ2) is 4.77. The third kappa shape index (κ3) is 2.73. The van der Waals surface area contributed by atoms with Crippen molar-refractivity contribution in [3.63, 3.8) is 0 Å². The van der Waals surface area contributed by atoms with E-state index in [0.717, 1.165) is 31.3 Å². The molecule has 0 aromatic carbocycles. The number of hydrogen-bond acceptors (Lipinski definition) is 3. The fraction of sp³-hybridized carbons (Fsp3) is 1.00. The molecule has 3 heteroatoms. The van der Waals surface area contributed by atoms with Crippen molar-refractivity contribution in [2.75, 3.05) is 26.2 Å². The van der Waals surface area contributed by atoms with Crippen LogP contribution in [0, 0.1) is 17.3 Å². The van der Waals surface area contributed by atoms with E-state index in [0.29, 0.717) is 11.5 Å². The zero-order valence-corrected chi connectivity index (χ0v) is 11.8. The Morgan fingerprint density at radius 1 is 1.22 bits per heavy atom. The number of nitrogens with zero attached hydrogens (tertiary/aromatic N) is 1. The van der Waals surface area contributed by atoms with Gasteiger partial charge in [-0.15, -0.1) is 0 Å². The van der Waals surface area contributed by atoms with Crippen molar-refractivity contribution in [2.45, 2.75) is 51.7 Å². The number of aliphatic hydroxyl groups is 1. The van der Waals surface area contributed by atoms with Crippen LogP contribution in [0.3, 0.4) is 0 Å². The highest BCUT2D eigenvalue weighted by Gasteiger charge is 2.47. The summed E-state index contributed by atoms with van der Waals surface area (Å²) in [5.41, 5.74) is 0.474. The van der Waals surface area contributed by atoms with Crippen LogP contribution in [0.25, 0.3) is 0 Å². The number of rotatable bonds is 5. The van der Waals surface area contributed by atoms with E-state index in [1.807, 2.05) is 0 Å². The topological polar surface area (TPSA) is 32.7 Å². The number of hydrogen-bond donors (Lipinski definition) is 1. The van der Waals surface area contributed by atoms with Crippen molar-refractivity contribution < 1.29 is 9.84 Å². The summed E-state index contributed by atoms with van der Waals surface area (Å²) in [6.45, 7) is 8.84. The first-order chi connectivity index (χ1) is 8.56. The van der Waals surface area contributed by atoms with Gasteiger partial charge in [0.2, 0.25) is 0 Å². The average molecular weight is 253 g/mol. The van der Waals surface area contributed by atoms with Gasteiger partial charge in [-0.1, -0.05) is 0 Å². The molecule has 1 N–H and O–H groups in total. The quantitative estimate of drug-likeness (QED) is 0.812. The maximum atomic E-state index is 9.67. The summed E-state index contributed by atoms with van der Waals surface area (Å²) >= 11 is 0. The van der Waals surface area contributed by atoms with Crippen molar-refractivity contribution >= 4 is 0 Å². The second-order valence-corrected chi connectivity index (χ2v) is 7.20. The molecule has 2 unspecified atom stereocenters. The van der Waals surface area contributed by atoms with E-state index in [1.54, 1.807) is 0 Å². The van der Waals surface area contributed by atoms with E-state index < -0.39 is 0 Å². The molecule has 1 heterocycles. The first-order valence-electron chi connectivity index (χ1n) is 7.58. The second-order valence-electron chi connectivity index (χ2n) is 7.20. The molecule has 104 valence electrons. The van der Waals surface area contributed by atoms with Gasteiger partial charge in [0.25, 0.3) is 0 Å². The highest BCUT2D eigenvalue weighted by Crippen LogP contribution is 2.48. The Morgan fingerprint density at radius 2 is 1.83 bits per heavy atom. The van der Waals surface area contributed by atoms with Gasteiger partial charge in [-0.25, -0.2) is 0 Å². The van der Waals surface area contributed by atoms with Crippen molar-refractivity contribution in [1.82, 2.24) is 4.90 Å². The van der Waals surface area contributed by atoms with Crippen molar-refractivity contribution in [1.29, 1.82) is 0 Å². The molecule has 0 radical (unpaired) electrons. The Morgan fingerprint density at radius 3 is 2.33 bits per heavy atom. The minimum atomic E-state index is -0.0127. The highest BCUT2D eigenvalue weighted by molar-refractivity contribution is 4.99. The van der Waals surface area contributed by atoms with Gasteiger partial charge in [-0.05, 0) is 51.4 Å². The van der Waals surface area contributed by atoms with Gasteiger partial charge >= 0.3 is 0 Å². The molecule has 3 nitrogen and oxygen atoms in total. The Balaban J connectivity index is 1.47. The zero-order chi connectivity index (χ0) is 12.8. The molecule has 2 aliphatic carbocycles. The molecule has 2 saturated carbocycles. The molecule has 18 heavy (non-hydrogen) atoms. The standard InChI is InChI=1S/C15H27NO2/c1-11(2)18-10-15(3-4-15)9-16-7-12-5-14(17)6-13(12)8-16/h11-14,17H,3-10H2,1-2H3. The lowest BCUT2D eigenvalue weighted by atomic mass is 10.0. The fourth-order valence-electron chi connectivity index (χ4n) is 3.84. The number of ether oxygens (including phenoxy) is 1. The highest BCUT2D eigenvalue weighted by atomic mass is 16.5. The van der Waals surface area contributed by atoms with Crippen LogP contribution in [-0.2, 0) is 4.74 Å². The Labute approximate surface area is 110 Å². The third-order valence-electron chi connectivity index (χ3n) is 5.04. The smallest absolute Gasteiger partial charge is 0.0546 e. The van der Waals surface area contributed by atoms with Crippen LogP contribution in [-0.4, -0.2) is 48.5 Å². The van der Waals surface area contributed by atoms with Gasteiger partial charge < -0.3 is 14.7 Å². The van der Waals surface area contributed by atoms with Crippen LogP contribution in [0.1, 0.15) is 39.5 Å². The summed E-state index contributed by atoms with van der Waals surface area (Å²) in [5.74, 6) is 1.53. The van der Waals surface area contributed by atoms with E-state index in [-0.39, 0.29) is 6.10 Å². The van der Waals surface area contributed by atoms with Gasteiger partial charge in [0.05, 0.1) is 18.8 Å². The number of aliphatic hydroxyl groups excluding tert-OH is 1. The molecular weight excluding hydrogens is 226 g/mol. The zero-order valence-electron chi connectivity index (χ0n) is 11.8. The molecule has 3 aliphatic rings. The van der Waals surface area contributed by atoms with E-state index in [1.165, 1.54) is 32.5 Å². The number of fused-ring (bicyclic) bond motifs is 1. The van der Waals surface area contributed by atoms with Crippen LogP contribution < -0.4 is 0 Å². The predicted molar refractivity (Wildman–Crippen MR) is 71.4 cm³/mol. The van der Waals surface area contributed by atoms with E-state index in [4.69, 9.17) is 4.74 Å². The average Bonchev–Trinajstić information content (AvgIpc) is 2.82. The fourth-order valence-corrected chi connectivity index (χ4v) is 3.84. The van der Waals surface area contributed by atoms with Crippen LogP contribution in [0.5, 0.6) is 0 Å². The SMILES string of the molecule is CC(C)OCC1(CN2CC3CC(O)CC3C2)CC1. The Hall–Kier alpha value is -0.120. The molecule has 0 bridgehead atoms. The van der Waals surface area contributed by atoms with Crippen LogP contribution in [0.2, 0.25) is 0 Å². The molecule has 1 saturated heterocycles. The molecular formula is C15H27NO2. The summed E-state index contributed by atoms with van der Waals surface area (Å²) in [6.07, 6.45) is 5.10. The number of likely N-dealkylation sites (tertiary alicyclic amines) is 1. The van der Waals surface area contributed by atoms with Gasteiger partial charge in [0, 0.05) is 25.0 Å². The van der Waals surface area contributed by atoms with E-state index in [2.05, 4.69) is 18.7 Å². The Bertz CT molecular complexity index is 287. The van der Waals surface area contributed by atoms with Gasteiger partial charge in [0.15, 0.2) is 0 Å². The summed E-state index contributed by atoms with van der Waals surface area (Å²) in [7, 11) is 0. The van der Waals surface area contributed by atoms with Crippen LogP contribution in [0.4, 0.5) is 0 Å². The lowest BCUT2D eigenvalue weighted by Gasteiger charge is -2.25. The summed E-state index contributed by atoms with van der Waals surface area (Å²) in [6, 6.07) is 0. The minimum Gasteiger partial charge on any atom is -0.393 e. The monoisotopic (exact) mass is 253 g/mol. The molecule has 1 aliphatic heterocycles. The lowest BCUT2D eigenvalue weighted by Crippen LogP contribution is -2.32.